The van der Waals surface area contributed by atoms with Gasteiger partial charge in [0.15, 0.2) is 0 Å². The number of ether oxygens (including phenoxy) is 2. The third kappa shape index (κ3) is 9.34. The quantitative estimate of drug-likeness (QED) is 0.472. The van der Waals surface area contributed by atoms with Crippen molar-refractivity contribution < 1.29 is 14.3 Å². The third-order valence-electron chi connectivity index (χ3n) is 1.43. The lowest BCUT2D eigenvalue weighted by Crippen LogP contribution is -2.17. The van der Waals surface area contributed by atoms with Crippen molar-refractivity contribution in [3.05, 3.63) is 0 Å². The van der Waals surface area contributed by atoms with E-state index in [0.29, 0.717) is 12.5 Å². The molecule has 0 fully saturated rings. The lowest BCUT2D eigenvalue weighted by Gasteiger charge is -2.08. The average molecular weight is 188 g/mol. The fourth-order valence-corrected chi connectivity index (χ4v) is 0.771. The average Bonchev–Trinajstić information content (AvgIpc) is 1.96. The Hall–Kier alpha value is -0.570. The van der Waals surface area contributed by atoms with Crippen LogP contribution >= 0.6 is 0 Å². The predicted molar refractivity (Wildman–Crippen MR) is 51.5 cm³/mol. The highest BCUT2D eigenvalue weighted by molar-refractivity contribution is 5.70. The molecule has 0 saturated carbocycles. The maximum Gasteiger partial charge on any atom is 0.332 e. The van der Waals surface area contributed by atoms with Crippen LogP contribution < -0.4 is 0 Å². The molecule has 78 valence electrons. The molecule has 0 N–H and O–H groups in total. The Labute approximate surface area is 80.4 Å². The van der Waals surface area contributed by atoms with Crippen LogP contribution in [0.2, 0.25) is 0 Å². The van der Waals surface area contributed by atoms with Crippen LogP contribution in [-0.4, -0.2) is 25.3 Å². The van der Waals surface area contributed by atoms with Gasteiger partial charge in [0.25, 0.3) is 0 Å². The normalized spacial score (nSPS) is 10.9. The van der Waals surface area contributed by atoms with Crippen LogP contribution in [-0.2, 0) is 14.3 Å². The highest BCUT2D eigenvalue weighted by Crippen LogP contribution is 1.99. The summed E-state index contributed by atoms with van der Waals surface area (Å²) in [6.45, 7) is 8.60. The van der Waals surface area contributed by atoms with Crippen molar-refractivity contribution in [3.63, 3.8) is 0 Å². The van der Waals surface area contributed by atoms with Crippen molar-refractivity contribution in [2.75, 3.05) is 13.2 Å². The molecule has 13 heavy (non-hydrogen) atoms. The molecule has 0 aromatic carbocycles. The standard InChI is InChI=1S/C10H20O3/c1-8(2)5-6-12-7-10(11)13-9(3)4/h8-9H,5-7H2,1-4H3. The molecule has 0 aliphatic heterocycles. The smallest absolute Gasteiger partial charge is 0.332 e. The third-order valence-corrected chi connectivity index (χ3v) is 1.43. The molecule has 0 saturated heterocycles. The zero-order valence-corrected chi connectivity index (χ0v) is 9.00. The highest BCUT2D eigenvalue weighted by atomic mass is 16.6. The molecule has 0 aromatic heterocycles. The Kier molecular flexibility index (Phi) is 6.59. The Balaban J connectivity index is 3.27. The molecule has 0 heterocycles. The van der Waals surface area contributed by atoms with Gasteiger partial charge in [-0.2, -0.15) is 0 Å². The maximum atomic E-state index is 11.0. The largest absolute Gasteiger partial charge is 0.461 e. The number of carbonyl (C=O) groups is 1. The molecule has 0 bridgehead atoms. The molecule has 0 aromatic rings. The molecular weight excluding hydrogens is 168 g/mol. The van der Waals surface area contributed by atoms with Crippen LogP contribution in [0.15, 0.2) is 0 Å². The van der Waals surface area contributed by atoms with E-state index in [1.165, 1.54) is 0 Å². The van der Waals surface area contributed by atoms with Gasteiger partial charge in [0.1, 0.15) is 6.61 Å². The summed E-state index contributed by atoms with van der Waals surface area (Å²) in [7, 11) is 0. The lowest BCUT2D eigenvalue weighted by atomic mass is 10.1. The number of carbonyl (C=O) groups excluding carboxylic acids is 1. The molecule has 0 aliphatic carbocycles. The minimum absolute atomic E-state index is 0.0544. The molecule has 0 aliphatic rings. The molecule has 0 amide bonds. The fourth-order valence-electron chi connectivity index (χ4n) is 0.771. The monoisotopic (exact) mass is 188 g/mol. The van der Waals surface area contributed by atoms with Gasteiger partial charge in [-0.15, -0.1) is 0 Å². The molecule has 0 radical (unpaired) electrons. The van der Waals surface area contributed by atoms with Gasteiger partial charge in [-0.25, -0.2) is 4.79 Å². The van der Waals surface area contributed by atoms with E-state index in [0.717, 1.165) is 6.42 Å². The Morgan fingerprint density at radius 1 is 1.23 bits per heavy atom. The minimum atomic E-state index is -0.279. The number of esters is 1. The highest BCUT2D eigenvalue weighted by Gasteiger charge is 2.04. The van der Waals surface area contributed by atoms with E-state index in [1.807, 2.05) is 13.8 Å². The summed E-state index contributed by atoms with van der Waals surface area (Å²) in [6, 6.07) is 0. The number of rotatable bonds is 6. The second-order valence-corrected chi connectivity index (χ2v) is 3.77. The first-order valence-corrected chi connectivity index (χ1v) is 4.79. The van der Waals surface area contributed by atoms with Gasteiger partial charge in [0.05, 0.1) is 6.10 Å². The summed E-state index contributed by atoms with van der Waals surface area (Å²) in [5.41, 5.74) is 0. The molecular formula is C10H20O3. The van der Waals surface area contributed by atoms with Crippen LogP contribution in [0.5, 0.6) is 0 Å². The summed E-state index contributed by atoms with van der Waals surface area (Å²) < 4.78 is 10.0. The van der Waals surface area contributed by atoms with Crippen molar-refractivity contribution in [1.29, 1.82) is 0 Å². The zero-order valence-electron chi connectivity index (χ0n) is 9.00. The fraction of sp³-hybridized carbons (Fsp3) is 0.900. The minimum Gasteiger partial charge on any atom is -0.461 e. The van der Waals surface area contributed by atoms with Crippen LogP contribution in [0, 0.1) is 5.92 Å². The summed E-state index contributed by atoms with van der Waals surface area (Å²) in [5, 5.41) is 0. The van der Waals surface area contributed by atoms with E-state index in [9.17, 15) is 4.79 Å². The molecule has 3 nitrogen and oxygen atoms in total. The van der Waals surface area contributed by atoms with Crippen LogP contribution in [0.1, 0.15) is 34.1 Å². The first kappa shape index (κ1) is 12.4. The van der Waals surface area contributed by atoms with Gasteiger partial charge in [0.2, 0.25) is 0 Å². The van der Waals surface area contributed by atoms with Gasteiger partial charge >= 0.3 is 5.97 Å². The summed E-state index contributed by atoms with van der Waals surface area (Å²) in [5.74, 6) is 0.333. The van der Waals surface area contributed by atoms with Crippen LogP contribution in [0.25, 0.3) is 0 Å². The molecule has 0 rings (SSSR count). The summed E-state index contributed by atoms with van der Waals surface area (Å²) in [4.78, 5) is 11.0. The van der Waals surface area contributed by atoms with Gasteiger partial charge in [-0.3, -0.25) is 0 Å². The zero-order chi connectivity index (χ0) is 10.3. The van der Waals surface area contributed by atoms with Gasteiger partial charge in [0, 0.05) is 6.61 Å². The number of hydrogen-bond donors (Lipinski definition) is 0. The first-order valence-electron chi connectivity index (χ1n) is 4.79. The molecule has 0 unspecified atom stereocenters. The van der Waals surface area contributed by atoms with E-state index in [-0.39, 0.29) is 18.7 Å². The second-order valence-electron chi connectivity index (χ2n) is 3.77. The summed E-state index contributed by atoms with van der Waals surface area (Å²) >= 11 is 0. The Morgan fingerprint density at radius 3 is 2.31 bits per heavy atom. The van der Waals surface area contributed by atoms with E-state index in [4.69, 9.17) is 9.47 Å². The summed E-state index contributed by atoms with van der Waals surface area (Å²) in [6.07, 6.45) is 0.927. The Bertz CT molecular complexity index is 141. The lowest BCUT2D eigenvalue weighted by molar-refractivity contribution is -0.152. The van der Waals surface area contributed by atoms with E-state index in [1.54, 1.807) is 0 Å². The van der Waals surface area contributed by atoms with Crippen LogP contribution in [0.3, 0.4) is 0 Å². The van der Waals surface area contributed by atoms with Gasteiger partial charge in [-0.05, 0) is 26.2 Å². The van der Waals surface area contributed by atoms with Crippen molar-refractivity contribution in [1.82, 2.24) is 0 Å². The maximum absolute atomic E-state index is 11.0. The van der Waals surface area contributed by atoms with Crippen molar-refractivity contribution >= 4 is 5.97 Å². The Morgan fingerprint density at radius 2 is 1.85 bits per heavy atom. The topological polar surface area (TPSA) is 35.5 Å². The second kappa shape index (κ2) is 6.89. The molecule has 3 heteroatoms. The van der Waals surface area contributed by atoms with Gasteiger partial charge < -0.3 is 9.47 Å². The first-order chi connectivity index (χ1) is 6.02. The van der Waals surface area contributed by atoms with Crippen LogP contribution in [0.4, 0.5) is 0 Å². The molecule has 0 atom stereocenters. The van der Waals surface area contributed by atoms with E-state index in [2.05, 4.69) is 13.8 Å². The van der Waals surface area contributed by atoms with Crippen molar-refractivity contribution in [3.8, 4) is 0 Å². The molecule has 0 spiro atoms. The van der Waals surface area contributed by atoms with Crippen molar-refractivity contribution in [2.45, 2.75) is 40.2 Å². The SMILES string of the molecule is CC(C)CCOCC(=O)OC(C)C. The van der Waals surface area contributed by atoms with E-state index < -0.39 is 0 Å². The van der Waals surface area contributed by atoms with Crippen molar-refractivity contribution in [2.24, 2.45) is 5.92 Å². The van der Waals surface area contributed by atoms with E-state index >= 15 is 0 Å². The van der Waals surface area contributed by atoms with Gasteiger partial charge in [-0.1, -0.05) is 13.8 Å². The number of hydrogen-bond acceptors (Lipinski definition) is 3. The predicted octanol–water partition coefficient (Wildman–Crippen LogP) is 2.00.